The van der Waals surface area contributed by atoms with Crippen LogP contribution >= 0.6 is 0 Å². The van der Waals surface area contributed by atoms with Gasteiger partial charge in [-0.25, -0.2) is 0 Å². The summed E-state index contributed by atoms with van der Waals surface area (Å²) in [6, 6.07) is 0. The van der Waals surface area contributed by atoms with E-state index in [4.69, 9.17) is 14.1 Å². The summed E-state index contributed by atoms with van der Waals surface area (Å²) in [5.41, 5.74) is 0. The molecular formula is H3BNa2O3Si. The van der Waals surface area contributed by atoms with Crippen molar-refractivity contribution in [1.29, 1.82) is 0 Å². The van der Waals surface area contributed by atoms with Gasteiger partial charge >= 0.3 is 59.1 Å². The molecular weight excluding hydrogens is 133 g/mol. The summed E-state index contributed by atoms with van der Waals surface area (Å²) < 4.78 is 8.52. The van der Waals surface area contributed by atoms with Gasteiger partial charge in [0, 0.05) is 9.17 Å². The van der Waals surface area contributed by atoms with Crippen LogP contribution in [0.3, 0.4) is 0 Å². The largest absolute Gasteiger partial charge is 1.00 e. The minimum atomic E-state index is -3.63. The Morgan fingerprint density at radius 3 is 1.14 bits per heavy atom. The zero-order valence-electron chi connectivity index (χ0n) is 3.72. The summed E-state index contributed by atoms with van der Waals surface area (Å²) in [4.78, 5) is 17.0. The molecule has 7 heteroatoms. The summed E-state index contributed by atoms with van der Waals surface area (Å²) in [6.07, 6.45) is 0. The van der Waals surface area contributed by atoms with Gasteiger partial charge in [0.05, 0.1) is 8.41 Å². The van der Waals surface area contributed by atoms with Gasteiger partial charge in [-0.2, -0.15) is 0 Å². The molecule has 0 aliphatic heterocycles. The predicted molar refractivity (Wildman–Crippen MR) is 16.4 cm³/mol. The van der Waals surface area contributed by atoms with E-state index in [0.29, 0.717) is 0 Å². The Morgan fingerprint density at radius 2 is 1.14 bits per heavy atom. The first-order chi connectivity index (χ1) is 1.73. The van der Waals surface area contributed by atoms with Gasteiger partial charge < -0.3 is 14.1 Å². The maximum atomic E-state index is 8.52. The van der Waals surface area contributed by atoms with Crippen LogP contribution in [0, 0.1) is 0 Å². The van der Waals surface area contributed by atoms with Crippen molar-refractivity contribution in [3.63, 3.8) is 0 Å². The van der Waals surface area contributed by atoms with E-state index >= 15 is 0 Å². The summed E-state index contributed by atoms with van der Waals surface area (Å²) in [5, 5.41) is 0. The van der Waals surface area contributed by atoms with E-state index in [2.05, 4.69) is 0 Å². The van der Waals surface area contributed by atoms with Crippen LogP contribution in [0.5, 0.6) is 0 Å². The Hall–Kier alpha value is 1.68. The molecule has 0 aliphatic rings. The molecule has 0 saturated heterocycles. The van der Waals surface area contributed by atoms with Crippen LogP contribution in [0.4, 0.5) is 0 Å². The predicted octanol–water partition coefficient (Wildman–Crippen LogP) is -10.1. The quantitative estimate of drug-likeness (QED) is 0.310. The third-order valence-electron chi connectivity index (χ3n) is 0. The molecule has 7 heavy (non-hydrogen) atoms. The van der Waals surface area contributed by atoms with Crippen molar-refractivity contribution in [3.8, 4) is 0 Å². The van der Waals surface area contributed by atoms with Gasteiger partial charge in [0.1, 0.15) is 0 Å². The molecule has 0 atom stereocenters. The molecule has 0 N–H and O–H groups in total. The summed E-state index contributed by atoms with van der Waals surface area (Å²) in [5.74, 6) is 0. The molecule has 30 valence electrons. The molecule has 0 spiro atoms. The van der Waals surface area contributed by atoms with Crippen molar-refractivity contribution in [3.05, 3.63) is 0 Å². The van der Waals surface area contributed by atoms with Crippen molar-refractivity contribution in [2.45, 2.75) is 0 Å². The zero-order valence-corrected chi connectivity index (χ0v) is 8.72. The first-order valence-electron chi connectivity index (χ1n) is 0.612. The van der Waals surface area contributed by atoms with Gasteiger partial charge in [0.2, 0.25) is 0 Å². The molecule has 0 fully saturated rings. The first-order valence-corrected chi connectivity index (χ1v) is 1.84. The molecule has 0 saturated carbocycles. The Bertz CT molecular complexity index is 35.9. The van der Waals surface area contributed by atoms with Crippen molar-refractivity contribution in [2.24, 2.45) is 0 Å². The van der Waals surface area contributed by atoms with Gasteiger partial charge in [-0.05, 0) is 0 Å². The number of rotatable bonds is 0. The fourth-order valence-corrected chi connectivity index (χ4v) is 0. The average Bonchev–Trinajstić information content (AvgIpc) is 0.811. The number of hydrogen-bond donors (Lipinski definition) is 0. The van der Waals surface area contributed by atoms with E-state index in [1.807, 2.05) is 0 Å². The van der Waals surface area contributed by atoms with Crippen LogP contribution in [0.25, 0.3) is 0 Å². The van der Waals surface area contributed by atoms with Gasteiger partial charge in [-0.1, -0.05) is 0 Å². The first kappa shape index (κ1) is 23.4. The molecule has 3 nitrogen and oxygen atoms in total. The van der Waals surface area contributed by atoms with E-state index in [1.54, 1.807) is 0 Å². The third kappa shape index (κ3) is 87.7. The molecule has 0 aromatic carbocycles. The van der Waals surface area contributed by atoms with Crippen LogP contribution in [0.2, 0.25) is 0 Å². The van der Waals surface area contributed by atoms with Gasteiger partial charge in [-0.3, -0.25) is 0 Å². The minimum absolute atomic E-state index is 0. The second kappa shape index (κ2) is 15.6. The Kier molecular flexibility index (Phi) is 52.2. The molecule has 0 bridgehead atoms. The van der Waals surface area contributed by atoms with E-state index in [1.165, 1.54) is 0 Å². The van der Waals surface area contributed by atoms with E-state index < -0.39 is 9.17 Å². The van der Waals surface area contributed by atoms with E-state index in [9.17, 15) is 0 Å². The second-order valence-electron chi connectivity index (χ2n) is 0.250. The van der Waals surface area contributed by atoms with Crippen molar-refractivity contribution < 1.29 is 73.2 Å². The van der Waals surface area contributed by atoms with Crippen LogP contribution in [0.1, 0.15) is 0 Å². The van der Waals surface area contributed by atoms with Crippen LogP contribution in [-0.2, 0) is 4.46 Å². The van der Waals surface area contributed by atoms with Crippen LogP contribution < -0.4 is 68.7 Å². The van der Waals surface area contributed by atoms with Gasteiger partial charge in [0.25, 0.3) is 0 Å². The molecule has 0 amide bonds. The Labute approximate surface area is 89.6 Å². The van der Waals surface area contributed by atoms with Crippen molar-refractivity contribution in [1.82, 2.24) is 0 Å². The molecule has 0 aromatic heterocycles. The van der Waals surface area contributed by atoms with Crippen molar-refractivity contribution in [2.75, 3.05) is 0 Å². The standard InChI is InChI=1S/BH3.2Na.O3Si/c;;;1-4(2)3/h1H3;;;/q;2*+1;-2. The molecule has 0 rings (SSSR count). The topological polar surface area (TPSA) is 63.2 Å². The monoisotopic (exact) mass is 136 g/mol. The molecule has 0 aliphatic carbocycles. The Balaban J connectivity index is -0.0000000150. The smallest absolute Gasteiger partial charge is 0.672 e. The summed E-state index contributed by atoms with van der Waals surface area (Å²) in [6.45, 7) is 0. The molecule has 0 heterocycles. The summed E-state index contributed by atoms with van der Waals surface area (Å²) >= 11 is 0. The van der Waals surface area contributed by atoms with Crippen LogP contribution in [-0.4, -0.2) is 17.6 Å². The number of hydrogen-bond acceptors (Lipinski definition) is 3. The van der Waals surface area contributed by atoms with Gasteiger partial charge in [0.15, 0.2) is 0 Å². The summed E-state index contributed by atoms with van der Waals surface area (Å²) in [7, 11) is -3.63. The maximum Gasteiger partial charge on any atom is 1.00 e. The van der Waals surface area contributed by atoms with Crippen LogP contribution in [0.15, 0.2) is 0 Å². The van der Waals surface area contributed by atoms with Crippen molar-refractivity contribution >= 4 is 17.6 Å². The molecule has 0 aromatic rings. The third-order valence-corrected chi connectivity index (χ3v) is 0. The normalized spacial score (nSPS) is 3.43. The fraction of sp³-hybridized carbons (Fsp3) is 0. The Morgan fingerprint density at radius 1 is 1.14 bits per heavy atom. The molecule has 0 radical (unpaired) electrons. The maximum absolute atomic E-state index is 8.52. The van der Waals surface area contributed by atoms with E-state index in [-0.39, 0.29) is 67.5 Å². The minimum Gasteiger partial charge on any atom is -0.672 e. The second-order valence-corrected chi connectivity index (χ2v) is 0.750. The fourth-order valence-electron chi connectivity index (χ4n) is 0. The average molecular weight is 136 g/mol. The van der Waals surface area contributed by atoms with E-state index in [0.717, 1.165) is 0 Å². The SMILES string of the molecule is B.O=[Si]([O-])[O-].[Na+].[Na+]. The van der Waals surface area contributed by atoms with Gasteiger partial charge in [-0.15, -0.1) is 0 Å². The molecule has 0 unspecified atom stereocenters. The zero-order chi connectivity index (χ0) is 3.58.